The van der Waals surface area contributed by atoms with E-state index in [1.165, 1.54) is 11.3 Å². The van der Waals surface area contributed by atoms with Gasteiger partial charge in [0, 0.05) is 25.0 Å². The molecule has 1 aliphatic heterocycles. The van der Waals surface area contributed by atoms with E-state index in [0.717, 1.165) is 24.6 Å². The van der Waals surface area contributed by atoms with Crippen molar-refractivity contribution in [3.05, 3.63) is 47.8 Å². The summed E-state index contributed by atoms with van der Waals surface area (Å²) < 4.78 is 13.3. The third kappa shape index (κ3) is 2.27. The Hall–Kier alpha value is -1.94. The zero-order valence-electron chi connectivity index (χ0n) is 11.9. The smallest absolute Gasteiger partial charge is 0.161 e. The maximum atomic E-state index is 5.57. The maximum absolute atomic E-state index is 5.57. The average Bonchev–Trinajstić information content (AvgIpc) is 2.96. The number of rotatable bonds is 4. The van der Waals surface area contributed by atoms with Gasteiger partial charge in [-0.15, -0.1) is 0 Å². The molecule has 0 saturated carbocycles. The zero-order valence-corrected chi connectivity index (χ0v) is 11.9. The second-order valence-electron chi connectivity index (χ2n) is 4.86. The Morgan fingerprint density at radius 2 is 2.20 bits per heavy atom. The number of nitrogens with one attached hydrogen (secondary N) is 1. The lowest BCUT2D eigenvalue weighted by molar-refractivity contribution is 0.310. The van der Waals surface area contributed by atoms with Crippen molar-refractivity contribution in [2.45, 2.75) is 19.5 Å². The van der Waals surface area contributed by atoms with Crippen molar-refractivity contribution in [3.63, 3.8) is 0 Å². The number of hydrogen-bond donors (Lipinski definition) is 1. The molecular formula is C16H20N2O2. The third-order valence-corrected chi connectivity index (χ3v) is 3.68. The van der Waals surface area contributed by atoms with Crippen molar-refractivity contribution >= 4 is 0 Å². The van der Waals surface area contributed by atoms with E-state index in [9.17, 15) is 0 Å². The number of ether oxygens (including phenoxy) is 2. The third-order valence-electron chi connectivity index (χ3n) is 3.68. The first kappa shape index (κ1) is 13.1. The van der Waals surface area contributed by atoms with Crippen LogP contribution in [0.1, 0.15) is 24.2 Å². The molecule has 4 nitrogen and oxygen atoms in total. The van der Waals surface area contributed by atoms with Crippen LogP contribution in [0.15, 0.2) is 36.5 Å². The fraction of sp³-hybridized carbons (Fsp3) is 0.375. The number of hydrogen-bond acceptors (Lipinski definition) is 3. The van der Waals surface area contributed by atoms with Crippen LogP contribution in [-0.2, 0) is 6.54 Å². The summed E-state index contributed by atoms with van der Waals surface area (Å²) in [6.45, 7) is 4.61. The highest BCUT2D eigenvalue weighted by atomic mass is 16.5. The lowest BCUT2D eigenvalue weighted by atomic mass is 10.0. The number of aromatic nitrogens is 1. The Balaban J connectivity index is 1.96. The molecule has 2 heterocycles. The molecule has 1 aromatic carbocycles. The molecule has 0 bridgehead atoms. The Bertz CT molecular complexity index is 592. The molecule has 0 spiro atoms. The zero-order chi connectivity index (χ0) is 13.9. The van der Waals surface area contributed by atoms with E-state index in [1.807, 2.05) is 13.0 Å². The van der Waals surface area contributed by atoms with Crippen molar-refractivity contribution < 1.29 is 9.47 Å². The summed E-state index contributed by atoms with van der Waals surface area (Å²) in [6, 6.07) is 10.6. The first-order valence-corrected chi connectivity index (χ1v) is 7.02. The lowest BCUT2D eigenvalue weighted by Gasteiger charge is -2.27. The van der Waals surface area contributed by atoms with Crippen LogP contribution < -0.4 is 14.8 Å². The summed E-state index contributed by atoms with van der Waals surface area (Å²) in [5, 5.41) is 3.56. The molecule has 3 rings (SSSR count). The molecule has 4 heteroatoms. The first-order chi connectivity index (χ1) is 9.83. The fourth-order valence-corrected chi connectivity index (χ4v) is 2.75. The first-order valence-electron chi connectivity index (χ1n) is 7.02. The van der Waals surface area contributed by atoms with Crippen LogP contribution in [0.2, 0.25) is 0 Å². The molecule has 20 heavy (non-hydrogen) atoms. The van der Waals surface area contributed by atoms with E-state index in [1.54, 1.807) is 7.11 Å². The van der Waals surface area contributed by atoms with Crippen LogP contribution >= 0.6 is 0 Å². The Morgan fingerprint density at radius 3 is 3.00 bits per heavy atom. The normalized spacial score (nSPS) is 17.6. The molecule has 1 N–H and O–H groups in total. The van der Waals surface area contributed by atoms with Crippen LogP contribution in [0.5, 0.6) is 11.5 Å². The van der Waals surface area contributed by atoms with E-state index >= 15 is 0 Å². The van der Waals surface area contributed by atoms with Gasteiger partial charge >= 0.3 is 0 Å². The summed E-state index contributed by atoms with van der Waals surface area (Å²) >= 11 is 0. The van der Waals surface area contributed by atoms with E-state index in [2.05, 4.69) is 40.3 Å². The Morgan fingerprint density at radius 1 is 1.30 bits per heavy atom. The predicted molar refractivity (Wildman–Crippen MR) is 78.4 cm³/mol. The van der Waals surface area contributed by atoms with Crippen molar-refractivity contribution in [1.29, 1.82) is 0 Å². The second kappa shape index (κ2) is 5.59. The van der Waals surface area contributed by atoms with Gasteiger partial charge < -0.3 is 19.4 Å². The van der Waals surface area contributed by atoms with E-state index in [4.69, 9.17) is 9.47 Å². The summed E-state index contributed by atoms with van der Waals surface area (Å²) in [4.78, 5) is 0. The van der Waals surface area contributed by atoms with E-state index in [-0.39, 0.29) is 6.04 Å². The van der Waals surface area contributed by atoms with Crippen molar-refractivity contribution in [1.82, 2.24) is 9.88 Å². The van der Waals surface area contributed by atoms with Crippen molar-refractivity contribution in [3.8, 4) is 11.5 Å². The molecule has 1 aliphatic rings. The average molecular weight is 272 g/mol. The van der Waals surface area contributed by atoms with Crippen LogP contribution in [0.3, 0.4) is 0 Å². The molecule has 106 valence electrons. The van der Waals surface area contributed by atoms with Crippen LogP contribution in [0.25, 0.3) is 0 Å². The number of nitrogens with zero attached hydrogens (tertiary/aromatic N) is 1. The quantitative estimate of drug-likeness (QED) is 0.929. The molecule has 1 unspecified atom stereocenters. The molecular weight excluding hydrogens is 252 g/mol. The minimum Gasteiger partial charge on any atom is -0.493 e. The molecule has 0 amide bonds. The predicted octanol–water partition coefficient (Wildman–Crippen LogP) is 2.59. The van der Waals surface area contributed by atoms with Gasteiger partial charge in [-0.1, -0.05) is 6.07 Å². The van der Waals surface area contributed by atoms with Gasteiger partial charge in [0.25, 0.3) is 0 Å². The molecule has 1 aromatic heterocycles. The lowest BCUT2D eigenvalue weighted by Crippen LogP contribution is -2.33. The van der Waals surface area contributed by atoms with Crippen LogP contribution in [0, 0.1) is 0 Å². The minimum absolute atomic E-state index is 0.211. The summed E-state index contributed by atoms with van der Waals surface area (Å²) in [5.41, 5.74) is 2.49. The standard InChI is InChI=1S/C16H20N2O2/c1-3-20-14-7-6-12(11-15(14)19-2)16-13-5-4-9-18(13)10-8-17-16/h4-7,9,11,16-17H,3,8,10H2,1-2H3. The van der Waals surface area contributed by atoms with Gasteiger partial charge in [-0.2, -0.15) is 0 Å². The van der Waals surface area contributed by atoms with Gasteiger partial charge in [0.15, 0.2) is 11.5 Å². The van der Waals surface area contributed by atoms with Gasteiger partial charge in [0.2, 0.25) is 0 Å². The maximum Gasteiger partial charge on any atom is 0.161 e. The van der Waals surface area contributed by atoms with Crippen LogP contribution in [0.4, 0.5) is 0 Å². The molecule has 2 aromatic rings. The van der Waals surface area contributed by atoms with Gasteiger partial charge in [-0.3, -0.25) is 0 Å². The highest BCUT2D eigenvalue weighted by molar-refractivity contribution is 5.45. The molecule has 0 radical (unpaired) electrons. The highest BCUT2D eigenvalue weighted by Gasteiger charge is 2.21. The second-order valence-corrected chi connectivity index (χ2v) is 4.86. The van der Waals surface area contributed by atoms with E-state index in [0.29, 0.717) is 6.61 Å². The van der Waals surface area contributed by atoms with Gasteiger partial charge in [-0.25, -0.2) is 0 Å². The molecule has 0 fully saturated rings. The van der Waals surface area contributed by atoms with Crippen molar-refractivity contribution in [2.75, 3.05) is 20.3 Å². The molecule has 0 saturated heterocycles. The highest BCUT2D eigenvalue weighted by Crippen LogP contribution is 2.33. The van der Waals surface area contributed by atoms with Crippen molar-refractivity contribution in [2.24, 2.45) is 0 Å². The molecule has 1 atom stereocenters. The monoisotopic (exact) mass is 272 g/mol. The summed E-state index contributed by atoms with van der Waals surface area (Å²) in [7, 11) is 1.68. The van der Waals surface area contributed by atoms with Crippen LogP contribution in [-0.4, -0.2) is 24.8 Å². The summed E-state index contributed by atoms with van der Waals surface area (Å²) in [6.07, 6.45) is 2.13. The SMILES string of the molecule is CCOc1ccc(C2NCCn3cccc32)cc1OC. The number of methoxy groups -OCH3 is 1. The molecule has 0 aliphatic carbocycles. The van der Waals surface area contributed by atoms with Gasteiger partial charge in [-0.05, 0) is 36.8 Å². The Kier molecular flexibility index (Phi) is 3.65. The van der Waals surface area contributed by atoms with E-state index < -0.39 is 0 Å². The Labute approximate surface area is 119 Å². The largest absolute Gasteiger partial charge is 0.493 e. The number of benzene rings is 1. The van der Waals surface area contributed by atoms with Gasteiger partial charge in [0.1, 0.15) is 0 Å². The van der Waals surface area contributed by atoms with Gasteiger partial charge in [0.05, 0.1) is 19.8 Å². The number of fused-ring (bicyclic) bond motifs is 1. The summed E-state index contributed by atoms with van der Waals surface area (Å²) in [5.74, 6) is 1.58. The topological polar surface area (TPSA) is 35.4 Å². The fourth-order valence-electron chi connectivity index (χ4n) is 2.75. The minimum atomic E-state index is 0.211.